The second-order valence-corrected chi connectivity index (χ2v) is 8.59. The molecule has 0 aromatic rings. The molecule has 8 heteroatoms. The summed E-state index contributed by atoms with van der Waals surface area (Å²) in [6.07, 6.45) is 3.10. The van der Waals surface area contributed by atoms with E-state index in [1.54, 1.807) is 11.4 Å². The molecule has 0 bridgehead atoms. The van der Waals surface area contributed by atoms with Crippen LogP contribution in [0.15, 0.2) is 0 Å². The van der Waals surface area contributed by atoms with Crippen molar-refractivity contribution in [2.24, 2.45) is 11.8 Å². The van der Waals surface area contributed by atoms with Crippen LogP contribution in [0.5, 0.6) is 0 Å². The highest BCUT2D eigenvalue weighted by Gasteiger charge is 2.37. The Morgan fingerprint density at radius 3 is 2.45 bits per heavy atom. The van der Waals surface area contributed by atoms with Gasteiger partial charge in [0.15, 0.2) is 0 Å². The molecule has 0 amide bonds. The summed E-state index contributed by atoms with van der Waals surface area (Å²) in [6, 6.07) is 0. The van der Waals surface area contributed by atoms with Gasteiger partial charge in [-0.15, -0.1) is 12.4 Å². The zero-order valence-corrected chi connectivity index (χ0v) is 15.4. The summed E-state index contributed by atoms with van der Waals surface area (Å²) < 4.78 is 34.7. The lowest BCUT2D eigenvalue weighted by atomic mass is 9.94. The van der Waals surface area contributed by atoms with E-state index in [2.05, 4.69) is 23.9 Å². The SMILES string of the molecule is COCC1(CNS(=O)(=O)N2CC(C)CC(C)C2)CCCN1.Cl. The van der Waals surface area contributed by atoms with E-state index in [0.717, 1.165) is 25.8 Å². The molecule has 2 aliphatic rings. The molecule has 0 aromatic carbocycles. The molecule has 6 nitrogen and oxygen atoms in total. The minimum atomic E-state index is -3.41. The molecule has 132 valence electrons. The second-order valence-electron chi connectivity index (χ2n) is 6.83. The van der Waals surface area contributed by atoms with E-state index in [4.69, 9.17) is 4.74 Å². The maximum atomic E-state index is 12.5. The third-order valence-corrected chi connectivity index (χ3v) is 6.01. The average Bonchev–Trinajstić information content (AvgIpc) is 2.85. The van der Waals surface area contributed by atoms with Gasteiger partial charge in [-0.3, -0.25) is 0 Å². The van der Waals surface area contributed by atoms with Crippen LogP contribution in [0.1, 0.15) is 33.1 Å². The summed E-state index contributed by atoms with van der Waals surface area (Å²) in [6.45, 7) is 7.30. The number of rotatable bonds is 6. The Balaban J connectivity index is 0.00000242. The maximum absolute atomic E-state index is 12.5. The topological polar surface area (TPSA) is 70.7 Å². The van der Waals surface area contributed by atoms with Crippen LogP contribution >= 0.6 is 12.4 Å². The molecule has 22 heavy (non-hydrogen) atoms. The second kappa shape index (κ2) is 8.26. The molecule has 2 aliphatic heterocycles. The van der Waals surface area contributed by atoms with Crippen molar-refractivity contribution in [1.82, 2.24) is 14.3 Å². The van der Waals surface area contributed by atoms with Gasteiger partial charge in [0, 0.05) is 26.7 Å². The lowest BCUT2D eigenvalue weighted by Gasteiger charge is -2.35. The summed E-state index contributed by atoms with van der Waals surface area (Å²) in [4.78, 5) is 0. The van der Waals surface area contributed by atoms with Crippen molar-refractivity contribution in [2.75, 3.05) is 39.9 Å². The number of hydrogen-bond donors (Lipinski definition) is 2. The molecule has 2 saturated heterocycles. The standard InChI is InChI=1S/C14H29N3O3S.ClH/c1-12-7-13(2)9-17(8-12)21(18,19)16-10-14(11-20-3)5-4-6-15-14;/h12-13,15-16H,4-11H2,1-3H3;1H. The third-order valence-electron chi connectivity index (χ3n) is 4.52. The lowest BCUT2D eigenvalue weighted by molar-refractivity contribution is 0.121. The van der Waals surface area contributed by atoms with Crippen molar-refractivity contribution >= 4 is 22.6 Å². The maximum Gasteiger partial charge on any atom is 0.279 e. The molecular weight excluding hydrogens is 326 g/mol. The first-order valence-corrected chi connectivity index (χ1v) is 9.29. The molecule has 2 N–H and O–H groups in total. The van der Waals surface area contributed by atoms with Crippen molar-refractivity contribution in [3.63, 3.8) is 0 Å². The molecule has 0 aromatic heterocycles. The van der Waals surface area contributed by atoms with E-state index in [1.165, 1.54) is 0 Å². The molecule has 2 fully saturated rings. The van der Waals surface area contributed by atoms with E-state index in [1.807, 2.05) is 0 Å². The predicted octanol–water partition coefficient (Wildman–Crippen LogP) is 0.989. The van der Waals surface area contributed by atoms with Crippen LogP contribution < -0.4 is 10.0 Å². The Morgan fingerprint density at radius 2 is 1.95 bits per heavy atom. The minimum Gasteiger partial charge on any atom is -0.383 e. The molecule has 0 spiro atoms. The molecule has 2 heterocycles. The summed E-state index contributed by atoms with van der Waals surface area (Å²) >= 11 is 0. The van der Waals surface area contributed by atoms with Crippen molar-refractivity contribution < 1.29 is 13.2 Å². The monoisotopic (exact) mass is 355 g/mol. The van der Waals surface area contributed by atoms with Crippen molar-refractivity contribution in [3.05, 3.63) is 0 Å². The minimum absolute atomic E-state index is 0. The fourth-order valence-electron chi connectivity index (χ4n) is 3.59. The van der Waals surface area contributed by atoms with Gasteiger partial charge in [-0.2, -0.15) is 12.7 Å². The largest absolute Gasteiger partial charge is 0.383 e. The molecule has 0 radical (unpaired) electrons. The van der Waals surface area contributed by atoms with Crippen molar-refractivity contribution in [3.8, 4) is 0 Å². The van der Waals surface area contributed by atoms with Gasteiger partial charge in [0.1, 0.15) is 0 Å². The van der Waals surface area contributed by atoms with Gasteiger partial charge in [-0.05, 0) is 37.6 Å². The van der Waals surface area contributed by atoms with Crippen LogP contribution in [-0.4, -0.2) is 58.2 Å². The smallest absolute Gasteiger partial charge is 0.279 e. The lowest BCUT2D eigenvalue weighted by Crippen LogP contribution is -2.56. The zero-order chi connectivity index (χ0) is 15.5. The molecule has 2 rings (SSSR count). The first-order valence-electron chi connectivity index (χ1n) is 7.85. The number of methoxy groups -OCH3 is 1. The number of hydrogen-bond acceptors (Lipinski definition) is 4. The van der Waals surface area contributed by atoms with Crippen LogP contribution in [0.4, 0.5) is 0 Å². The third kappa shape index (κ3) is 5.04. The molecule has 3 atom stereocenters. The van der Waals surface area contributed by atoms with E-state index in [9.17, 15) is 8.42 Å². The quantitative estimate of drug-likeness (QED) is 0.745. The van der Waals surface area contributed by atoms with E-state index in [0.29, 0.717) is 38.1 Å². The Bertz CT molecular complexity index is 431. The number of halogens is 1. The Labute approximate surface area is 140 Å². The van der Waals surface area contributed by atoms with Crippen LogP contribution in [0.3, 0.4) is 0 Å². The Hall–Kier alpha value is 0.0800. The van der Waals surface area contributed by atoms with Gasteiger partial charge >= 0.3 is 0 Å². The van der Waals surface area contributed by atoms with Gasteiger partial charge in [0.2, 0.25) is 0 Å². The number of piperidine rings is 1. The molecule has 0 saturated carbocycles. The average molecular weight is 356 g/mol. The number of nitrogens with zero attached hydrogens (tertiary/aromatic N) is 1. The van der Waals surface area contributed by atoms with Crippen LogP contribution in [0.25, 0.3) is 0 Å². The normalized spacial score (nSPS) is 33.6. The molecular formula is C14H30ClN3O3S. The van der Waals surface area contributed by atoms with Gasteiger partial charge in [0.05, 0.1) is 12.1 Å². The summed E-state index contributed by atoms with van der Waals surface area (Å²) in [5, 5.41) is 3.39. The molecule has 0 aliphatic carbocycles. The van der Waals surface area contributed by atoms with Gasteiger partial charge in [-0.1, -0.05) is 13.8 Å². The Morgan fingerprint density at radius 1 is 1.32 bits per heavy atom. The number of ether oxygens (including phenoxy) is 1. The zero-order valence-electron chi connectivity index (χ0n) is 13.8. The van der Waals surface area contributed by atoms with E-state index in [-0.39, 0.29) is 17.9 Å². The van der Waals surface area contributed by atoms with Crippen LogP contribution in [-0.2, 0) is 14.9 Å². The van der Waals surface area contributed by atoms with E-state index < -0.39 is 10.2 Å². The Kier molecular flexibility index (Phi) is 7.56. The van der Waals surface area contributed by atoms with Gasteiger partial charge in [0.25, 0.3) is 10.2 Å². The van der Waals surface area contributed by atoms with Gasteiger partial charge < -0.3 is 10.1 Å². The van der Waals surface area contributed by atoms with Gasteiger partial charge in [-0.25, -0.2) is 4.72 Å². The van der Waals surface area contributed by atoms with Crippen molar-refractivity contribution in [1.29, 1.82) is 0 Å². The van der Waals surface area contributed by atoms with Crippen LogP contribution in [0.2, 0.25) is 0 Å². The predicted molar refractivity (Wildman–Crippen MR) is 90.5 cm³/mol. The first-order chi connectivity index (χ1) is 9.87. The summed E-state index contributed by atoms with van der Waals surface area (Å²) in [5.74, 6) is 0.839. The summed E-state index contributed by atoms with van der Waals surface area (Å²) in [7, 11) is -1.75. The summed E-state index contributed by atoms with van der Waals surface area (Å²) in [5.41, 5.74) is -0.255. The highest BCUT2D eigenvalue weighted by Crippen LogP contribution is 2.24. The first kappa shape index (κ1) is 20.1. The van der Waals surface area contributed by atoms with Crippen LogP contribution in [0, 0.1) is 11.8 Å². The molecule has 3 unspecified atom stereocenters. The number of nitrogens with one attached hydrogen (secondary N) is 2. The van der Waals surface area contributed by atoms with Crippen molar-refractivity contribution in [2.45, 2.75) is 38.6 Å². The highest BCUT2D eigenvalue weighted by atomic mass is 35.5. The highest BCUT2D eigenvalue weighted by molar-refractivity contribution is 7.87. The fraction of sp³-hybridized carbons (Fsp3) is 1.00. The fourth-order valence-corrected chi connectivity index (χ4v) is 5.14. The van der Waals surface area contributed by atoms with E-state index >= 15 is 0 Å².